The Morgan fingerprint density at radius 2 is 2.00 bits per heavy atom. The van der Waals surface area contributed by atoms with Gasteiger partial charge in [-0.15, -0.1) is 0 Å². The van der Waals surface area contributed by atoms with Crippen molar-refractivity contribution in [3.05, 3.63) is 34.9 Å². The normalized spacial score (nSPS) is 15.8. The first kappa shape index (κ1) is 11.7. The van der Waals surface area contributed by atoms with Crippen molar-refractivity contribution in [3.63, 3.8) is 0 Å². The van der Waals surface area contributed by atoms with Crippen molar-refractivity contribution in [3.8, 4) is 0 Å². The summed E-state index contributed by atoms with van der Waals surface area (Å²) in [4.78, 5) is 0. The molecule has 1 aromatic rings. The van der Waals surface area contributed by atoms with E-state index in [1.165, 1.54) is 32.1 Å². The zero-order chi connectivity index (χ0) is 11.5. The lowest BCUT2D eigenvalue weighted by Crippen LogP contribution is -2.02. The van der Waals surface area contributed by atoms with Crippen molar-refractivity contribution in [1.29, 1.82) is 0 Å². The monoisotopic (exact) mass is 216 g/mol. The van der Waals surface area contributed by atoms with E-state index in [-0.39, 0.29) is 0 Å². The minimum Gasteiger partial charge on any atom is -0.0651 e. The lowest BCUT2D eigenvalue weighted by atomic mass is 9.89. The van der Waals surface area contributed by atoms with Crippen LogP contribution in [0.15, 0.2) is 18.2 Å². The Morgan fingerprint density at radius 3 is 2.56 bits per heavy atom. The van der Waals surface area contributed by atoms with Gasteiger partial charge >= 0.3 is 0 Å². The van der Waals surface area contributed by atoms with E-state index in [1.807, 2.05) is 0 Å². The van der Waals surface area contributed by atoms with Crippen LogP contribution >= 0.6 is 0 Å². The van der Waals surface area contributed by atoms with Crippen molar-refractivity contribution in [1.82, 2.24) is 0 Å². The first-order valence-electron chi connectivity index (χ1n) is 6.83. The second-order valence-electron chi connectivity index (χ2n) is 5.54. The largest absolute Gasteiger partial charge is 0.0651 e. The first-order valence-corrected chi connectivity index (χ1v) is 6.83. The number of rotatable bonds is 5. The summed E-state index contributed by atoms with van der Waals surface area (Å²) in [6.07, 6.45) is 6.77. The number of benzene rings is 1. The van der Waals surface area contributed by atoms with Gasteiger partial charge in [0.1, 0.15) is 0 Å². The van der Waals surface area contributed by atoms with Gasteiger partial charge in [-0.1, -0.05) is 45.4 Å². The average Bonchev–Trinajstić information content (AvgIpc) is 3.04. The summed E-state index contributed by atoms with van der Waals surface area (Å²) in [7, 11) is 0. The second-order valence-corrected chi connectivity index (χ2v) is 5.54. The van der Waals surface area contributed by atoms with Gasteiger partial charge in [0.25, 0.3) is 0 Å². The lowest BCUT2D eigenvalue weighted by molar-refractivity contribution is 0.774. The molecule has 0 bridgehead atoms. The van der Waals surface area contributed by atoms with Crippen molar-refractivity contribution >= 4 is 0 Å². The van der Waals surface area contributed by atoms with Crippen molar-refractivity contribution in [2.75, 3.05) is 0 Å². The molecule has 0 heterocycles. The van der Waals surface area contributed by atoms with Crippen LogP contribution in [0.3, 0.4) is 0 Å². The molecule has 0 atom stereocenters. The maximum atomic E-state index is 2.36. The van der Waals surface area contributed by atoms with E-state index in [9.17, 15) is 0 Å². The molecule has 0 spiro atoms. The molecule has 16 heavy (non-hydrogen) atoms. The van der Waals surface area contributed by atoms with Gasteiger partial charge in [0, 0.05) is 0 Å². The fraction of sp³-hybridized carbons (Fsp3) is 0.625. The Hall–Kier alpha value is -0.780. The highest BCUT2D eigenvalue weighted by Crippen LogP contribution is 2.35. The van der Waals surface area contributed by atoms with Crippen LogP contribution in [-0.4, -0.2) is 0 Å². The van der Waals surface area contributed by atoms with Gasteiger partial charge in [0.2, 0.25) is 0 Å². The maximum absolute atomic E-state index is 2.36. The highest BCUT2D eigenvalue weighted by atomic mass is 14.3. The van der Waals surface area contributed by atoms with Gasteiger partial charge in [-0.05, 0) is 54.2 Å². The SMILES string of the molecule is CCCc1c(CC2CC2)cccc1C(C)C. The highest BCUT2D eigenvalue weighted by Gasteiger charge is 2.23. The Labute approximate surface area is 100 Å². The molecule has 0 radical (unpaired) electrons. The molecule has 1 aromatic carbocycles. The van der Waals surface area contributed by atoms with Crippen molar-refractivity contribution in [2.45, 2.75) is 58.8 Å². The van der Waals surface area contributed by atoms with Gasteiger partial charge in [0.05, 0.1) is 0 Å². The number of hydrogen-bond donors (Lipinski definition) is 0. The predicted octanol–water partition coefficient (Wildman–Crippen LogP) is 4.72. The minimum absolute atomic E-state index is 0.667. The van der Waals surface area contributed by atoms with E-state index < -0.39 is 0 Å². The van der Waals surface area contributed by atoms with Crippen LogP contribution < -0.4 is 0 Å². The molecule has 1 aliphatic rings. The Balaban J connectivity index is 2.29. The standard InChI is InChI=1S/C16H24/c1-4-6-16-14(11-13-9-10-13)7-5-8-15(16)12(2)3/h5,7-8,12-13H,4,6,9-11H2,1-3H3. The van der Waals surface area contributed by atoms with Gasteiger partial charge in [-0.2, -0.15) is 0 Å². The van der Waals surface area contributed by atoms with Crippen LogP contribution in [0.25, 0.3) is 0 Å². The molecule has 88 valence electrons. The minimum atomic E-state index is 0.667. The smallest absolute Gasteiger partial charge is 0.0216 e. The summed E-state index contributed by atoms with van der Waals surface area (Å²) >= 11 is 0. The number of hydrogen-bond acceptors (Lipinski definition) is 0. The van der Waals surface area contributed by atoms with Gasteiger partial charge in [-0.25, -0.2) is 0 Å². The molecule has 0 amide bonds. The summed E-state index contributed by atoms with van der Waals surface area (Å²) in [5.41, 5.74) is 4.88. The molecule has 0 aliphatic heterocycles. The molecule has 0 nitrogen and oxygen atoms in total. The summed E-state index contributed by atoms with van der Waals surface area (Å²) in [6.45, 7) is 6.92. The molecule has 1 fully saturated rings. The van der Waals surface area contributed by atoms with Crippen LogP contribution in [-0.2, 0) is 12.8 Å². The summed E-state index contributed by atoms with van der Waals surface area (Å²) < 4.78 is 0. The van der Waals surface area contributed by atoms with E-state index in [4.69, 9.17) is 0 Å². The molecule has 0 heteroatoms. The van der Waals surface area contributed by atoms with Crippen LogP contribution in [0.2, 0.25) is 0 Å². The third-order valence-electron chi connectivity index (χ3n) is 3.64. The molecule has 2 rings (SSSR count). The maximum Gasteiger partial charge on any atom is -0.0216 e. The summed E-state index contributed by atoms with van der Waals surface area (Å²) in [6, 6.07) is 6.94. The molecule has 1 aliphatic carbocycles. The zero-order valence-corrected chi connectivity index (χ0v) is 10.9. The zero-order valence-electron chi connectivity index (χ0n) is 10.9. The van der Waals surface area contributed by atoms with Crippen LogP contribution in [0, 0.1) is 5.92 Å². The molecule has 0 aromatic heterocycles. The molecule has 1 saturated carbocycles. The topological polar surface area (TPSA) is 0 Å². The van der Waals surface area contributed by atoms with Gasteiger partial charge in [0.15, 0.2) is 0 Å². The molecule has 0 N–H and O–H groups in total. The Morgan fingerprint density at radius 1 is 1.25 bits per heavy atom. The Bertz CT molecular complexity index is 345. The third-order valence-corrected chi connectivity index (χ3v) is 3.64. The third kappa shape index (κ3) is 2.66. The Kier molecular flexibility index (Phi) is 3.68. The molecule has 0 unspecified atom stereocenters. The fourth-order valence-electron chi connectivity index (χ4n) is 2.57. The quantitative estimate of drug-likeness (QED) is 0.668. The van der Waals surface area contributed by atoms with E-state index in [1.54, 1.807) is 16.7 Å². The van der Waals surface area contributed by atoms with Crippen LogP contribution in [0.1, 0.15) is 62.6 Å². The van der Waals surface area contributed by atoms with E-state index in [0.717, 1.165) is 5.92 Å². The fourth-order valence-corrected chi connectivity index (χ4v) is 2.57. The molecular formula is C16H24. The van der Waals surface area contributed by atoms with Crippen LogP contribution in [0.4, 0.5) is 0 Å². The van der Waals surface area contributed by atoms with Crippen molar-refractivity contribution in [2.24, 2.45) is 5.92 Å². The predicted molar refractivity (Wildman–Crippen MR) is 71.0 cm³/mol. The lowest BCUT2D eigenvalue weighted by Gasteiger charge is -2.16. The molecular weight excluding hydrogens is 192 g/mol. The summed E-state index contributed by atoms with van der Waals surface area (Å²) in [5, 5.41) is 0. The van der Waals surface area contributed by atoms with Crippen molar-refractivity contribution < 1.29 is 0 Å². The second kappa shape index (κ2) is 5.03. The highest BCUT2D eigenvalue weighted by molar-refractivity contribution is 5.38. The van der Waals surface area contributed by atoms with E-state index >= 15 is 0 Å². The van der Waals surface area contributed by atoms with Crippen LogP contribution in [0.5, 0.6) is 0 Å². The average molecular weight is 216 g/mol. The van der Waals surface area contributed by atoms with E-state index in [0.29, 0.717) is 5.92 Å². The molecule has 0 saturated heterocycles. The first-order chi connectivity index (χ1) is 7.72. The van der Waals surface area contributed by atoms with Gasteiger partial charge in [-0.3, -0.25) is 0 Å². The van der Waals surface area contributed by atoms with Gasteiger partial charge < -0.3 is 0 Å². The van der Waals surface area contributed by atoms with E-state index in [2.05, 4.69) is 39.0 Å². The summed E-state index contributed by atoms with van der Waals surface area (Å²) in [5.74, 6) is 1.67.